The molecule has 0 spiro atoms. The van der Waals surface area contributed by atoms with E-state index in [1.807, 2.05) is 0 Å². The van der Waals surface area contributed by atoms with Crippen LogP contribution >= 0.6 is 0 Å². The largest absolute Gasteiger partial charge is 4.00 e. The van der Waals surface area contributed by atoms with Crippen molar-refractivity contribution in [3.63, 3.8) is 0 Å². The first kappa shape index (κ1) is 56.0. The molecule has 0 heterocycles. The maximum atomic E-state index is 2.55. The van der Waals surface area contributed by atoms with Gasteiger partial charge in [0.15, 0.2) is 0 Å². The number of halogens is 3. The van der Waals surface area contributed by atoms with E-state index in [1.54, 1.807) is 0 Å². The molecule has 0 atom stereocenters. The van der Waals surface area contributed by atoms with Gasteiger partial charge in [-0.05, 0) is 52.0 Å². The molecule has 14 heteroatoms. The van der Waals surface area contributed by atoms with E-state index in [9.17, 15) is 0 Å². The zero-order valence-corrected chi connectivity index (χ0v) is 45.0. The average Bonchev–Trinajstić information content (AvgIpc) is 3.28. The molecule has 4 aromatic rings. The molecule has 0 bridgehead atoms. The third-order valence-electron chi connectivity index (χ3n) is 11.6. The Hall–Kier alpha value is -2.99. The molecule has 0 unspecified atom stereocenters. The normalized spacial score (nSPS) is 10.7. The third kappa shape index (κ3) is 9.89. The Kier molecular flexibility index (Phi) is 20.1. The summed E-state index contributed by atoms with van der Waals surface area (Å²) in [6.45, 7) is 9.42. The van der Waals surface area contributed by atoms with Gasteiger partial charge in [0.2, 0.25) is 0 Å². The summed E-state index contributed by atoms with van der Waals surface area (Å²) in [5.41, 5.74) is 16.4. The first-order valence-corrected chi connectivity index (χ1v) is 21.3. The molecule has 0 radical (unpaired) electrons. The van der Waals surface area contributed by atoms with Crippen molar-refractivity contribution in [2.45, 2.75) is 27.7 Å². The Bertz CT molecular complexity index is 1830. The number of hydrogen-bond acceptors (Lipinski definition) is 9. The molecule has 0 aliphatic rings. The minimum Gasteiger partial charge on any atom is -1.00 e. The van der Waals surface area contributed by atoms with Gasteiger partial charge in [-0.15, -0.1) is 5.19 Å². The number of nitrogens with zero attached hydrogens (tertiary/aromatic N) is 9. The fraction of sp³-hybridized carbons (Fsp3) is 0.489. The summed E-state index contributed by atoms with van der Waals surface area (Å²) in [5, 5.41) is 5.60. The van der Waals surface area contributed by atoms with Gasteiger partial charge in [-0.1, -0.05) is 27.7 Å². The Morgan fingerprint density at radius 1 is 0.305 bits per heavy atom. The van der Waals surface area contributed by atoms with Crippen LogP contribution in [0.4, 0.5) is 51.2 Å². The standard InChI is InChI=1S/C45H72N9Si.3ClH.Ti/c1-29-30(2)32(4)45(31(29)3)55(42-26-36(49(11)12)33(46(5)6)23-39(42)52(17)18,43-27-37(50(13)14)34(47(7)8)24-40(43)53(19)20)44-28-38(51(15)16)35(48(9)10)25-41(44)54(21)22;;;;/h23-28H,1-22H3;3*1H;/q-1;;;;+4/p-3. The summed E-state index contributed by atoms with van der Waals surface area (Å²) in [6, 6.07) is 15.0. The van der Waals surface area contributed by atoms with Gasteiger partial charge in [0, 0.05) is 144 Å². The minimum atomic E-state index is -3.39. The van der Waals surface area contributed by atoms with Crippen molar-refractivity contribution in [2.75, 3.05) is 171 Å². The Morgan fingerprint density at radius 2 is 0.475 bits per heavy atom. The van der Waals surface area contributed by atoms with Crippen molar-refractivity contribution in [3.8, 4) is 0 Å². The molecule has 0 amide bonds. The maximum Gasteiger partial charge on any atom is 4.00 e. The molecule has 4 rings (SSSR count). The molecule has 0 aliphatic heterocycles. The van der Waals surface area contributed by atoms with Crippen LogP contribution in [0.1, 0.15) is 22.3 Å². The van der Waals surface area contributed by atoms with E-state index < -0.39 is 8.07 Å². The fourth-order valence-electron chi connectivity index (χ4n) is 8.48. The first-order chi connectivity index (χ1) is 25.4. The van der Waals surface area contributed by atoms with Crippen LogP contribution < -0.4 is 102 Å². The topological polar surface area (TPSA) is 29.2 Å². The van der Waals surface area contributed by atoms with Crippen LogP contribution in [0.15, 0.2) is 36.4 Å². The molecule has 0 saturated carbocycles. The average molecular weight is 921 g/mol. The zero-order valence-electron chi connectivity index (χ0n) is 40.1. The smallest absolute Gasteiger partial charge is 1.00 e. The molecule has 59 heavy (non-hydrogen) atoms. The van der Waals surface area contributed by atoms with Gasteiger partial charge >= 0.3 is 21.7 Å². The summed E-state index contributed by atoms with van der Waals surface area (Å²) in [5.74, 6) is 0. The van der Waals surface area contributed by atoms with E-state index in [2.05, 4.69) is 235 Å². The fourth-order valence-corrected chi connectivity index (χ4v) is 14.8. The van der Waals surface area contributed by atoms with E-state index in [4.69, 9.17) is 0 Å². The van der Waals surface area contributed by atoms with Crippen LogP contribution in [0.5, 0.6) is 0 Å². The van der Waals surface area contributed by atoms with Gasteiger partial charge in [-0.25, -0.2) is 0 Å². The summed E-state index contributed by atoms with van der Waals surface area (Å²) in [7, 11) is 35.9. The van der Waals surface area contributed by atoms with Crippen LogP contribution in [-0.4, -0.2) is 135 Å². The van der Waals surface area contributed by atoms with Crippen LogP contribution in [-0.2, 0) is 21.7 Å². The van der Waals surface area contributed by atoms with Crippen molar-refractivity contribution in [1.82, 2.24) is 0 Å². The second-order valence-electron chi connectivity index (χ2n) is 17.2. The van der Waals surface area contributed by atoms with Crippen molar-refractivity contribution in [3.05, 3.63) is 58.7 Å². The summed E-state index contributed by atoms with van der Waals surface area (Å²) in [6.07, 6.45) is 0. The summed E-state index contributed by atoms with van der Waals surface area (Å²) < 4.78 is 0. The predicted molar refractivity (Wildman–Crippen MR) is 254 cm³/mol. The van der Waals surface area contributed by atoms with Gasteiger partial charge in [-0.3, -0.25) is 0 Å². The van der Waals surface area contributed by atoms with Crippen molar-refractivity contribution in [1.29, 1.82) is 0 Å². The third-order valence-corrected chi connectivity index (χ3v) is 16.8. The van der Waals surface area contributed by atoms with Gasteiger partial charge in [0.25, 0.3) is 0 Å². The summed E-state index contributed by atoms with van der Waals surface area (Å²) >= 11 is 0. The monoisotopic (exact) mass is 919 g/mol. The van der Waals surface area contributed by atoms with Gasteiger partial charge in [0.1, 0.15) is 8.07 Å². The van der Waals surface area contributed by atoms with E-state index >= 15 is 0 Å². The van der Waals surface area contributed by atoms with Crippen molar-refractivity contribution >= 4 is 80.0 Å². The van der Waals surface area contributed by atoms with Crippen LogP contribution in [0, 0.1) is 27.7 Å². The summed E-state index contributed by atoms with van der Waals surface area (Å²) in [4.78, 5) is 20.7. The molecule has 326 valence electrons. The number of anilines is 9. The van der Waals surface area contributed by atoms with Gasteiger partial charge < -0.3 is 81.3 Å². The molecule has 0 N–H and O–H groups in total. The van der Waals surface area contributed by atoms with Crippen LogP contribution in [0.3, 0.4) is 0 Å². The zero-order chi connectivity index (χ0) is 41.8. The first-order valence-electron chi connectivity index (χ1n) is 19.3. The SMILES string of the molecule is Cc1c(C)c(C)[c-]([Si](c2cc(N(C)C)c(N(C)C)cc2N(C)C)(c2cc(N(C)C)c(N(C)C)cc2N(C)C)c2cc(N(C)C)c(N(C)C)cc2N(C)C)c1C.[Cl-].[Cl-].[Cl-].[Ti+4]. The molecule has 0 fully saturated rings. The Labute approximate surface area is 393 Å². The number of hydrogen-bond donors (Lipinski definition) is 0. The Balaban J connectivity index is 0.00000841. The predicted octanol–water partition coefficient (Wildman–Crippen LogP) is -4.38. The molecular formula is C45H72Cl3N9SiTi. The molecule has 0 aliphatic carbocycles. The maximum absolute atomic E-state index is 3.39. The molecule has 9 nitrogen and oxygen atoms in total. The van der Waals surface area contributed by atoms with Crippen LogP contribution in [0.25, 0.3) is 0 Å². The van der Waals surface area contributed by atoms with E-state index in [1.165, 1.54) is 94.2 Å². The second-order valence-corrected chi connectivity index (χ2v) is 20.9. The number of rotatable bonds is 13. The van der Waals surface area contributed by atoms with Crippen molar-refractivity contribution in [2.24, 2.45) is 0 Å². The molecule has 0 saturated heterocycles. The molecule has 4 aromatic carbocycles. The van der Waals surface area contributed by atoms with Gasteiger partial charge in [0.05, 0.1) is 34.1 Å². The van der Waals surface area contributed by atoms with Crippen LogP contribution in [0.2, 0.25) is 0 Å². The van der Waals surface area contributed by atoms with Gasteiger partial charge in [-0.2, -0.15) is 22.3 Å². The quantitative estimate of drug-likeness (QED) is 0.0752. The molecular weight excluding hydrogens is 849 g/mol. The van der Waals surface area contributed by atoms with E-state index in [-0.39, 0.29) is 58.9 Å². The Morgan fingerprint density at radius 3 is 0.644 bits per heavy atom. The van der Waals surface area contributed by atoms with Crippen molar-refractivity contribution < 1.29 is 58.9 Å². The van der Waals surface area contributed by atoms with E-state index in [0.717, 1.165) is 0 Å². The second kappa shape index (κ2) is 21.2. The van der Waals surface area contributed by atoms with E-state index in [0.29, 0.717) is 0 Å². The minimum absolute atomic E-state index is 0. The molecule has 0 aromatic heterocycles. The number of benzene rings is 3.